The van der Waals surface area contributed by atoms with Crippen LogP contribution in [0.1, 0.15) is 21.5 Å². The van der Waals surface area contributed by atoms with Crippen molar-refractivity contribution in [3.63, 3.8) is 0 Å². The number of H-pyrrole nitrogens is 1. The van der Waals surface area contributed by atoms with Gasteiger partial charge in [0, 0.05) is 16.0 Å². The molecule has 3 aromatic rings. The van der Waals surface area contributed by atoms with Crippen LogP contribution in [-0.4, -0.2) is 11.3 Å². The van der Waals surface area contributed by atoms with Crippen molar-refractivity contribution in [1.82, 2.24) is 4.98 Å². The first-order valence-corrected chi connectivity index (χ1v) is 6.92. The Morgan fingerprint density at radius 3 is 2.57 bits per heavy atom. The van der Waals surface area contributed by atoms with Crippen LogP contribution in [0.4, 0.5) is 4.39 Å². The highest BCUT2D eigenvalue weighted by Crippen LogP contribution is 2.33. The van der Waals surface area contributed by atoms with E-state index in [0.717, 1.165) is 23.0 Å². The smallest absolute Gasteiger partial charge is 0.152 e. The van der Waals surface area contributed by atoms with Gasteiger partial charge in [0.1, 0.15) is 5.82 Å². The zero-order chi connectivity index (χ0) is 15.1. The van der Waals surface area contributed by atoms with Gasteiger partial charge in [0.2, 0.25) is 0 Å². The second-order valence-electron chi connectivity index (χ2n) is 5.14. The Labute approximate surface area is 126 Å². The lowest BCUT2D eigenvalue weighted by atomic mass is 10.0. The summed E-state index contributed by atoms with van der Waals surface area (Å²) in [7, 11) is 0. The first-order valence-electron chi connectivity index (χ1n) is 6.55. The van der Waals surface area contributed by atoms with Gasteiger partial charge in [0.25, 0.3) is 0 Å². The molecule has 1 heterocycles. The summed E-state index contributed by atoms with van der Waals surface area (Å²) in [5.41, 5.74) is 4.47. The molecule has 0 unspecified atom stereocenters. The molecule has 0 amide bonds. The van der Waals surface area contributed by atoms with Crippen molar-refractivity contribution < 1.29 is 9.18 Å². The molecule has 0 fully saturated rings. The predicted octanol–water partition coefficient (Wildman–Crippen LogP) is 5.06. The van der Waals surface area contributed by atoms with Gasteiger partial charge in [-0.1, -0.05) is 23.7 Å². The van der Waals surface area contributed by atoms with Crippen molar-refractivity contribution in [3.05, 3.63) is 57.9 Å². The molecule has 2 aromatic carbocycles. The van der Waals surface area contributed by atoms with Crippen molar-refractivity contribution in [3.8, 4) is 11.3 Å². The number of rotatable bonds is 2. The molecule has 0 aliphatic carbocycles. The minimum absolute atomic E-state index is 0.272. The Morgan fingerprint density at radius 2 is 1.90 bits per heavy atom. The minimum atomic E-state index is -0.462. The molecule has 0 aliphatic rings. The monoisotopic (exact) mass is 301 g/mol. The van der Waals surface area contributed by atoms with E-state index in [9.17, 15) is 9.18 Å². The second-order valence-corrected chi connectivity index (χ2v) is 5.58. The lowest BCUT2D eigenvalue weighted by Gasteiger charge is -2.04. The summed E-state index contributed by atoms with van der Waals surface area (Å²) in [6.07, 6.45) is 0.735. The van der Waals surface area contributed by atoms with Crippen LogP contribution in [0.15, 0.2) is 30.3 Å². The van der Waals surface area contributed by atoms with Gasteiger partial charge in [0.15, 0.2) is 6.29 Å². The molecule has 1 N–H and O–H groups in total. The van der Waals surface area contributed by atoms with Crippen LogP contribution < -0.4 is 0 Å². The van der Waals surface area contributed by atoms with Crippen LogP contribution in [0.3, 0.4) is 0 Å². The maximum atomic E-state index is 14.0. The third kappa shape index (κ3) is 2.24. The lowest BCUT2D eigenvalue weighted by molar-refractivity contribution is 0.112. The quantitative estimate of drug-likeness (QED) is 0.660. The van der Waals surface area contributed by atoms with Crippen LogP contribution in [0.2, 0.25) is 5.02 Å². The van der Waals surface area contributed by atoms with E-state index in [2.05, 4.69) is 4.98 Å². The topological polar surface area (TPSA) is 32.9 Å². The first-order chi connectivity index (χ1) is 10.0. The zero-order valence-electron chi connectivity index (χ0n) is 11.6. The Morgan fingerprint density at radius 1 is 1.14 bits per heavy atom. The van der Waals surface area contributed by atoms with Gasteiger partial charge in [-0.25, -0.2) is 4.39 Å². The summed E-state index contributed by atoms with van der Waals surface area (Å²) in [5.74, 6) is -0.462. The number of carbonyl (C=O) groups excluding carboxylic acids is 1. The van der Waals surface area contributed by atoms with Crippen LogP contribution in [-0.2, 0) is 0 Å². The van der Waals surface area contributed by atoms with Gasteiger partial charge in [-0.2, -0.15) is 0 Å². The first kappa shape index (κ1) is 13.8. The second kappa shape index (κ2) is 5.01. The fourth-order valence-corrected chi connectivity index (χ4v) is 2.69. The van der Waals surface area contributed by atoms with Gasteiger partial charge >= 0.3 is 0 Å². The van der Waals surface area contributed by atoms with Crippen LogP contribution in [0.5, 0.6) is 0 Å². The third-order valence-corrected chi connectivity index (χ3v) is 4.00. The predicted molar refractivity (Wildman–Crippen MR) is 83.6 cm³/mol. The number of fused-ring (bicyclic) bond motifs is 1. The number of carbonyl (C=O) groups is 1. The van der Waals surface area contributed by atoms with Crippen molar-refractivity contribution in [1.29, 1.82) is 0 Å². The normalized spacial score (nSPS) is 11.0. The number of halogens is 2. The number of aldehydes is 1. The number of hydrogen-bond donors (Lipinski definition) is 1. The summed E-state index contributed by atoms with van der Waals surface area (Å²) < 4.78 is 14.0. The Bertz CT molecular complexity index is 867. The van der Waals surface area contributed by atoms with E-state index >= 15 is 0 Å². The van der Waals surface area contributed by atoms with Crippen LogP contribution >= 0.6 is 11.6 Å². The molecule has 0 radical (unpaired) electrons. The fourth-order valence-electron chi connectivity index (χ4n) is 2.49. The molecule has 3 rings (SSSR count). The van der Waals surface area contributed by atoms with Crippen molar-refractivity contribution in [2.45, 2.75) is 13.8 Å². The summed E-state index contributed by atoms with van der Waals surface area (Å²) >= 11 is 5.88. The number of hydrogen-bond acceptors (Lipinski definition) is 1. The van der Waals surface area contributed by atoms with E-state index in [1.165, 1.54) is 6.07 Å². The zero-order valence-corrected chi connectivity index (χ0v) is 12.4. The molecule has 0 aliphatic heterocycles. The third-order valence-electron chi connectivity index (χ3n) is 3.78. The summed E-state index contributed by atoms with van der Waals surface area (Å²) in [6, 6.07) is 8.71. The number of aromatic nitrogens is 1. The van der Waals surface area contributed by atoms with Crippen LogP contribution in [0.25, 0.3) is 22.2 Å². The lowest BCUT2D eigenvalue weighted by Crippen LogP contribution is -1.87. The van der Waals surface area contributed by atoms with E-state index in [4.69, 9.17) is 11.6 Å². The molecule has 0 bridgehead atoms. The van der Waals surface area contributed by atoms with Crippen molar-refractivity contribution in [2.24, 2.45) is 0 Å². The summed E-state index contributed by atoms with van der Waals surface area (Å²) in [5, 5.41) is 0.775. The number of nitrogens with one attached hydrogen (secondary N) is 1. The van der Waals surface area contributed by atoms with Crippen molar-refractivity contribution >= 4 is 28.8 Å². The van der Waals surface area contributed by atoms with Gasteiger partial charge in [-0.15, -0.1) is 0 Å². The molecule has 1 aromatic heterocycles. The standard InChI is InChI=1S/C17H13ClFNO/c1-9-3-4-11(5-10(9)2)16-14(8-21)13-6-12(18)7-15(19)17(13)20-16/h3-8,20H,1-2H3. The van der Waals surface area contributed by atoms with Gasteiger partial charge < -0.3 is 4.98 Å². The molecule has 0 saturated carbocycles. The molecular weight excluding hydrogens is 289 g/mol. The Balaban J connectivity index is 2.34. The summed E-state index contributed by atoms with van der Waals surface area (Å²) in [6.45, 7) is 4.02. The summed E-state index contributed by atoms with van der Waals surface area (Å²) in [4.78, 5) is 14.5. The molecular formula is C17H13ClFNO. The number of aryl methyl sites for hydroxylation is 2. The molecule has 2 nitrogen and oxygen atoms in total. The van der Waals surface area contributed by atoms with E-state index in [0.29, 0.717) is 22.2 Å². The Hall–Kier alpha value is -2.13. The average molecular weight is 302 g/mol. The van der Waals surface area contributed by atoms with Gasteiger partial charge in [-0.3, -0.25) is 4.79 Å². The maximum absolute atomic E-state index is 14.0. The molecule has 4 heteroatoms. The van der Waals surface area contributed by atoms with Gasteiger partial charge in [-0.05, 0) is 48.7 Å². The van der Waals surface area contributed by atoms with E-state index in [1.54, 1.807) is 6.07 Å². The molecule has 0 atom stereocenters. The minimum Gasteiger partial charge on any atom is -0.352 e. The highest BCUT2D eigenvalue weighted by Gasteiger charge is 2.16. The van der Waals surface area contributed by atoms with Gasteiger partial charge in [0.05, 0.1) is 11.2 Å². The number of aromatic amines is 1. The molecule has 106 valence electrons. The molecule has 0 spiro atoms. The van der Waals surface area contributed by atoms with Crippen LogP contribution in [0, 0.1) is 19.7 Å². The SMILES string of the molecule is Cc1ccc(-c2[nH]c3c(F)cc(Cl)cc3c2C=O)cc1C. The highest BCUT2D eigenvalue weighted by molar-refractivity contribution is 6.31. The van der Waals surface area contributed by atoms with Crippen molar-refractivity contribution in [2.75, 3.05) is 0 Å². The van der Waals surface area contributed by atoms with E-state index < -0.39 is 5.82 Å². The Kier molecular flexibility index (Phi) is 3.30. The maximum Gasteiger partial charge on any atom is 0.152 e. The van der Waals surface area contributed by atoms with E-state index in [-0.39, 0.29) is 5.02 Å². The molecule has 21 heavy (non-hydrogen) atoms. The fraction of sp³-hybridized carbons (Fsp3) is 0.118. The largest absolute Gasteiger partial charge is 0.352 e. The molecule has 0 saturated heterocycles. The van der Waals surface area contributed by atoms with E-state index in [1.807, 2.05) is 32.0 Å². The highest BCUT2D eigenvalue weighted by atomic mass is 35.5. The average Bonchev–Trinajstić information content (AvgIpc) is 2.80. The number of benzene rings is 2.